The third-order valence-electron chi connectivity index (χ3n) is 4.00. The number of Topliss-reactive ketones (excluding diaryl/α,β-unsaturated/α-hetero) is 1. The number of halogens is 2. The van der Waals surface area contributed by atoms with Crippen molar-refractivity contribution in [2.24, 2.45) is 0 Å². The van der Waals surface area contributed by atoms with Gasteiger partial charge in [0.15, 0.2) is 17.5 Å². The van der Waals surface area contributed by atoms with E-state index >= 15 is 0 Å². The number of hydrogen-bond acceptors (Lipinski definition) is 6. The third-order valence-corrected chi connectivity index (χ3v) is 4.75. The summed E-state index contributed by atoms with van der Waals surface area (Å²) in [6.45, 7) is -1.41. The van der Waals surface area contributed by atoms with Gasteiger partial charge in [0.2, 0.25) is 0 Å². The highest BCUT2D eigenvalue weighted by Crippen LogP contribution is 2.33. The second kappa shape index (κ2) is 9.93. The van der Waals surface area contributed by atoms with Crippen LogP contribution in [0.1, 0.15) is 23.7 Å². The van der Waals surface area contributed by atoms with Gasteiger partial charge in [0.1, 0.15) is 11.5 Å². The minimum atomic E-state index is -2.95. The fourth-order valence-corrected chi connectivity index (χ4v) is 3.30. The fourth-order valence-electron chi connectivity index (χ4n) is 2.58. The summed E-state index contributed by atoms with van der Waals surface area (Å²) in [6, 6.07) is 12.8. The molecule has 3 aromatic rings. The Bertz CT molecular complexity index is 1020. The minimum absolute atomic E-state index is 0.00371. The molecule has 0 saturated heterocycles. The van der Waals surface area contributed by atoms with E-state index in [0.717, 1.165) is 11.3 Å². The largest absolute Gasteiger partial charge is 0.484 e. The van der Waals surface area contributed by atoms with E-state index in [2.05, 4.69) is 15.0 Å². The molecule has 156 valence electrons. The maximum atomic E-state index is 12.6. The van der Waals surface area contributed by atoms with Crippen molar-refractivity contribution in [1.82, 2.24) is 4.98 Å². The van der Waals surface area contributed by atoms with Crippen molar-refractivity contribution in [3.05, 3.63) is 59.5 Å². The van der Waals surface area contributed by atoms with Gasteiger partial charge in [-0.3, -0.25) is 14.9 Å². The van der Waals surface area contributed by atoms with E-state index in [1.54, 1.807) is 54.8 Å². The molecule has 0 aliphatic carbocycles. The summed E-state index contributed by atoms with van der Waals surface area (Å²) >= 11 is 1.15. The lowest BCUT2D eigenvalue weighted by Crippen LogP contribution is -2.20. The first-order chi connectivity index (χ1) is 14.5. The van der Waals surface area contributed by atoms with E-state index in [-0.39, 0.29) is 18.1 Å². The van der Waals surface area contributed by atoms with Crippen LogP contribution >= 0.6 is 11.3 Å². The van der Waals surface area contributed by atoms with Crippen molar-refractivity contribution in [2.75, 3.05) is 11.9 Å². The summed E-state index contributed by atoms with van der Waals surface area (Å²) in [7, 11) is 0. The van der Waals surface area contributed by atoms with Crippen LogP contribution in [0.2, 0.25) is 0 Å². The Hall–Kier alpha value is -3.33. The van der Waals surface area contributed by atoms with Crippen LogP contribution in [-0.4, -0.2) is 29.9 Å². The van der Waals surface area contributed by atoms with Crippen molar-refractivity contribution in [1.29, 1.82) is 0 Å². The Morgan fingerprint density at radius 2 is 1.87 bits per heavy atom. The van der Waals surface area contributed by atoms with Crippen molar-refractivity contribution in [3.63, 3.8) is 0 Å². The van der Waals surface area contributed by atoms with Crippen LogP contribution < -0.4 is 14.8 Å². The van der Waals surface area contributed by atoms with Gasteiger partial charge in [0.25, 0.3) is 5.91 Å². The molecule has 0 bridgehead atoms. The average molecular weight is 432 g/mol. The number of anilines is 1. The van der Waals surface area contributed by atoms with Crippen LogP contribution in [0.4, 0.5) is 13.9 Å². The number of carbonyl (C=O) groups excluding carboxylic acids is 2. The predicted molar refractivity (Wildman–Crippen MR) is 109 cm³/mol. The van der Waals surface area contributed by atoms with Crippen LogP contribution in [0.25, 0.3) is 11.3 Å². The third kappa shape index (κ3) is 5.60. The van der Waals surface area contributed by atoms with Crippen LogP contribution in [0.5, 0.6) is 11.5 Å². The molecule has 0 aliphatic rings. The van der Waals surface area contributed by atoms with Gasteiger partial charge in [-0.25, -0.2) is 4.98 Å². The zero-order valence-electron chi connectivity index (χ0n) is 15.9. The summed E-state index contributed by atoms with van der Waals surface area (Å²) in [5.41, 5.74) is 1.39. The number of para-hydroxylation sites is 1. The number of aromatic nitrogens is 1. The van der Waals surface area contributed by atoms with Gasteiger partial charge in [0, 0.05) is 22.9 Å². The second-order valence-corrected chi connectivity index (χ2v) is 6.91. The number of amides is 1. The molecule has 6 nitrogen and oxygen atoms in total. The normalized spacial score (nSPS) is 10.7. The first-order valence-electron chi connectivity index (χ1n) is 9.02. The maximum Gasteiger partial charge on any atom is 0.387 e. The number of alkyl halides is 2. The fraction of sp³-hybridized carbons (Fsp3) is 0.190. The highest BCUT2D eigenvalue weighted by molar-refractivity contribution is 7.14. The van der Waals surface area contributed by atoms with E-state index in [1.165, 1.54) is 6.07 Å². The Balaban J connectivity index is 1.58. The molecular formula is C21H18F2N2O4S. The molecule has 0 unspecified atom stereocenters. The van der Waals surface area contributed by atoms with Crippen LogP contribution in [0.3, 0.4) is 0 Å². The number of nitrogens with one attached hydrogen (secondary N) is 1. The van der Waals surface area contributed by atoms with Gasteiger partial charge in [-0.1, -0.05) is 19.1 Å². The van der Waals surface area contributed by atoms with Crippen LogP contribution in [0.15, 0.2) is 53.9 Å². The predicted octanol–water partition coefficient (Wildman–Crippen LogP) is 5.02. The van der Waals surface area contributed by atoms with E-state index in [1.807, 2.05) is 0 Å². The van der Waals surface area contributed by atoms with E-state index in [9.17, 15) is 18.4 Å². The lowest BCUT2D eigenvalue weighted by Gasteiger charge is -2.08. The van der Waals surface area contributed by atoms with E-state index in [0.29, 0.717) is 34.1 Å². The Morgan fingerprint density at radius 3 is 2.57 bits per heavy atom. The number of ether oxygens (including phenoxy) is 2. The number of nitrogens with zero attached hydrogens (tertiary/aromatic N) is 1. The first kappa shape index (κ1) is 21.4. The molecule has 3 rings (SSSR count). The highest BCUT2D eigenvalue weighted by Gasteiger charge is 2.14. The molecule has 0 spiro atoms. The summed E-state index contributed by atoms with van der Waals surface area (Å²) in [4.78, 5) is 28.0. The molecule has 1 heterocycles. The zero-order valence-corrected chi connectivity index (χ0v) is 16.7. The van der Waals surface area contributed by atoms with Gasteiger partial charge in [-0.15, -0.1) is 11.3 Å². The number of carbonyl (C=O) groups is 2. The standard InChI is InChI=1S/C21H18F2N2O4S/c1-2-17(26)13-7-9-14(10-8-13)28-11-19(27)25-21-24-16(12-30-21)15-5-3-4-6-18(15)29-20(22)23/h3-10,12,20H,2,11H2,1H3,(H,24,25,27). The van der Waals surface area contributed by atoms with Gasteiger partial charge in [0.05, 0.1) is 5.69 Å². The summed E-state index contributed by atoms with van der Waals surface area (Å²) in [5.74, 6) is 0.0563. The molecule has 0 atom stereocenters. The molecule has 1 N–H and O–H groups in total. The number of rotatable bonds is 9. The van der Waals surface area contributed by atoms with Gasteiger partial charge in [-0.2, -0.15) is 8.78 Å². The van der Waals surface area contributed by atoms with Gasteiger partial charge >= 0.3 is 6.61 Å². The molecule has 0 saturated carbocycles. The smallest absolute Gasteiger partial charge is 0.387 e. The van der Waals surface area contributed by atoms with E-state index < -0.39 is 12.5 Å². The topological polar surface area (TPSA) is 77.5 Å². The van der Waals surface area contributed by atoms with E-state index in [4.69, 9.17) is 4.74 Å². The monoisotopic (exact) mass is 432 g/mol. The molecular weight excluding hydrogens is 414 g/mol. The van der Waals surface area contributed by atoms with Gasteiger partial charge in [-0.05, 0) is 36.4 Å². The zero-order chi connectivity index (χ0) is 21.5. The average Bonchev–Trinajstić information content (AvgIpc) is 3.20. The molecule has 2 aromatic carbocycles. The Morgan fingerprint density at radius 1 is 1.13 bits per heavy atom. The SMILES string of the molecule is CCC(=O)c1ccc(OCC(=O)Nc2nc(-c3ccccc3OC(F)F)cs2)cc1. The number of hydrogen-bond donors (Lipinski definition) is 1. The molecule has 1 aromatic heterocycles. The first-order valence-corrected chi connectivity index (χ1v) is 9.90. The van der Waals surface area contributed by atoms with Crippen LogP contribution in [-0.2, 0) is 4.79 Å². The second-order valence-electron chi connectivity index (χ2n) is 6.05. The summed E-state index contributed by atoms with van der Waals surface area (Å²) in [6.07, 6.45) is 0.414. The number of thiazole rings is 1. The maximum absolute atomic E-state index is 12.6. The molecule has 0 fully saturated rings. The minimum Gasteiger partial charge on any atom is -0.484 e. The highest BCUT2D eigenvalue weighted by atomic mass is 32.1. The van der Waals surface area contributed by atoms with Crippen molar-refractivity contribution in [3.8, 4) is 22.8 Å². The number of ketones is 1. The molecule has 0 aliphatic heterocycles. The van der Waals surface area contributed by atoms with Gasteiger partial charge < -0.3 is 9.47 Å². The van der Waals surface area contributed by atoms with Crippen LogP contribution in [0, 0.1) is 0 Å². The lowest BCUT2D eigenvalue weighted by atomic mass is 10.1. The Kier molecular flexibility index (Phi) is 7.08. The summed E-state index contributed by atoms with van der Waals surface area (Å²) in [5, 5.41) is 4.53. The van der Waals surface area contributed by atoms with Crippen molar-refractivity contribution < 1.29 is 27.8 Å². The molecule has 9 heteroatoms. The summed E-state index contributed by atoms with van der Waals surface area (Å²) < 4.78 is 35.1. The van der Waals surface area contributed by atoms with Crippen molar-refractivity contribution >= 4 is 28.2 Å². The molecule has 30 heavy (non-hydrogen) atoms. The molecule has 0 radical (unpaired) electrons. The van der Waals surface area contributed by atoms with Crippen molar-refractivity contribution in [2.45, 2.75) is 20.0 Å². The molecule has 1 amide bonds. The number of benzene rings is 2. The quantitative estimate of drug-likeness (QED) is 0.481. The Labute approximate surface area is 175 Å². The lowest BCUT2D eigenvalue weighted by molar-refractivity contribution is -0.118.